The third kappa shape index (κ3) is 6.56. The van der Waals surface area contributed by atoms with E-state index in [1.807, 2.05) is 11.3 Å². The maximum atomic E-state index is 2.53. The van der Waals surface area contributed by atoms with Crippen LogP contribution in [0.25, 0.3) is 80.7 Å². The zero-order valence-corrected chi connectivity index (χ0v) is 40.2. The molecule has 0 saturated heterocycles. The van der Waals surface area contributed by atoms with E-state index < -0.39 is 0 Å². The topological polar surface area (TPSA) is 11.4 Å². The Morgan fingerprint density at radius 1 is 0.380 bits per heavy atom. The summed E-state index contributed by atoms with van der Waals surface area (Å²) in [6.45, 7) is 4.75. The summed E-state index contributed by atoms with van der Waals surface area (Å²) in [7, 11) is 0. The Bertz CT molecular complexity index is 4170. The second kappa shape index (κ2) is 16.2. The lowest BCUT2D eigenvalue weighted by molar-refractivity contribution is 0.660. The van der Waals surface area contributed by atoms with Gasteiger partial charge in [0.25, 0.3) is 0 Å². The standard InChI is InChI=1S/C67H47N3S/c1-67(2)59-30-16-14-27-54(59)55-37-35-50(43-60(55)67)69(62-31-18-29-57-56-28-15-17-32-64(56)71-66(57)62)52-40-46(39-51(42-52)68(47-20-6-3-7-21-47)48-22-8-4-9-23-48)45-33-36-58-63(41-45)70(49-24-10-5-11-25-49)61-38-34-44-19-12-13-26-53(44)65(58)61/h3-43H,1-2H3. The first-order valence-corrected chi connectivity index (χ1v) is 25.3. The predicted molar refractivity (Wildman–Crippen MR) is 304 cm³/mol. The van der Waals surface area contributed by atoms with Crippen molar-refractivity contribution in [2.45, 2.75) is 19.3 Å². The summed E-state index contributed by atoms with van der Waals surface area (Å²) in [6.07, 6.45) is 0. The Labute approximate surface area is 417 Å². The monoisotopic (exact) mass is 925 g/mol. The lowest BCUT2D eigenvalue weighted by Crippen LogP contribution is -2.17. The molecule has 1 aliphatic rings. The van der Waals surface area contributed by atoms with Gasteiger partial charge < -0.3 is 14.4 Å². The number of para-hydroxylation sites is 3. The van der Waals surface area contributed by atoms with Crippen LogP contribution in [0, 0.1) is 0 Å². The van der Waals surface area contributed by atoms with Crippen LogP contribution in [0.4, 0.5) is 34.1 Å². The van der Waals surface area contributed by atoms with Crippen molar-refractivity contribution in [2.75, 3.05) is 9.80 Å². The molecule has 13 aromatic rings. The molecule has 0 N–H and O–H groups in total. The fourth-order valence-corrected chi connectivity index (χ4v) is 12.8. The highest BCUT2D eigenvalue weighted by Gasteiger charge is 2.36. The van der Waals surface area contributed by atoms with E-state index in [0.29, 0.717) is 0 Å². The predicted octanol–water partition coefficient (Wildman–Crippen LogP) is 19.2. The van der Waals surface area contributed by atoms with Crippen LogP contribution < -0.4 is 9.80 Å². The Kier molecular flexibility index (Phi) is 9.42. The molecule has 0 saturated carbocycles. The fraction of sp³-hybridized carbons (Fsp3) is 0.0448. The summed E-state index contributed by atoms with van der Waals surface area (Å²) in [5.74, 6) is 0. The molecule has 0 aliphatic heterocycles. The van der Waals surface area contributed by atoms with Crippen molar-refractivity contribution in [3.8, 4) is 27.9 Å². The molecule has 0 radical (unpaired) electrons. The number of hydrogen-bond donors (Lipinski definition) is 0. The molecule has 336 valence electrons. The van der Waals surface area contributed by atoms with Crippen molar-refractivity contribution in [3.05, 3.63) is 260 Å². The van der Waals surface area contributed by atoms with E-state index in [2.05, 4.69) is 277 Å². The summed E-state index contributed by atoms with van der Waals surface area (Å²) in [6, 6.07) is 91.8. The summed E-state index contributed by atoms with van der Waals surface area (Å²) in [5, 5.41) is 7.55. The maximum absolute atomic E-state index is 2.53. The van der Waals surface area contributed by atoms with Gasteiger partial charge in [-0.25, -0.2) is 0 Å². The van der Waals surface area contributed by atoms with Gasteiger partial charge in [-0.1, -0.05) is 172 Å². The summed E-state index contributed by atoms with van der Waals surface area (Å²) >= 11 is 1.87. The van der Waals surface area contributed by atoms with E-state index in [1.54, 1.807) is 0 Å². The highest BCUT2D eigenvalue weighted by Crippen LogP contribution is 2.53. The van der Waals surface area contributed by atoms with Crippen molar-refractivity contribution >= 4 is 98.2 Å². The summed E-state index contributed by atoms with van der Waals surface area (Å²) in [4.78, 5) is 4.93. The van der Waals surface area contributed by atoms with Crippen LogP contribution in [0.1, 0.15) is 25.0 Å². The van der Waals surface area contributed by atoms with Crippen LogP contribution in [0.15, 0.2) is 249 Å². The van der Waals surface area contributed by atoms with Crippen molar-refractivity contribution < 1.29 is 0 Å². The van der Waals surface area contributed by atoms with Crippen LogP contribution in [0.3, 0.4) is 0 Å². The Hall–Kier alpha value is -8.70. The van der Waals surface area contributed by atoms with Crippen molar-refractivity contribution in [1.82, 2.24) is 4.57 Å². The van der Waals surface area contributed by atoms with Gasteiger partial charge in [0, 0.05) is 65.8 Å². The van der Waals surface area contributed by atoms with Gasteiger partial charge in [0.2, 0.25) is 0 Å². The van der Waals surface area contributed by atoms with E-state index in [1.165, 1.54) is 75.0 Å². The average Bonchev–Trinajstić information content (AvgIpc) is 4.05. The van der Waals surface area contributed by atoms with E-state index in [-0.39, 0.29) is 5.41 Å². The molecule has 11 aromatic carbocycles. The van der Waals surface area contributed by atoms with E-state index >= 15 is 0 Å². The van der Waals surface area contributed by atoms with Crippen LogP contribution in [0.5, 0.6) is 0 Å². The normalized spacial score (nSPS) is 12.8. The highest BCUT2D eigenvalue weighted by atomic mass is 32.1. The van der Waals surface area contributed by atoms with Crippen LogP contribution >= 0.6 is 11.3 Å². The zero-order valence-electron chi connectivity index (χ0n) is 39.4. The number of fused-ring (bicyclic) bond motifs is 11. The summed E-state index contributed by atoms with van der Waals surface area (Å²) in [5.41, 5.74) is 17.5. The number of aromatic nitrogens is 1. The second-order valence-electron chi connectivity index (χ2n) is 19.3. The van der Waals surface area contributed by atoms with Gasteiger partial charge in [0.15, 0.2) is 0 Å². The SMILES string of the molecule is CC1(C)c2ccccc2-c2ccc(N(c3cc(-c4ccc5c6c7ccccc7ccc6n(-c6ccccc6)c5c4)cc(N(c4ccccc4)c4ccccc4)c3)c3cccc4c3sc3ccccc34)cc21. The Balaban J connectivity index is 1.07. The smallest absolute Gasteiger partial charge is 0.0640 e. The summed E-state index contributed by atoms with van der Waals surface area (Å²) < 4.78 is 4.99. The van der Waals surface area contributed by atoms with Gasteiger partial charge in [-0.15, -0.1) is 11.3 Å². The van der Waals surface area contributed by atoms with Gasteiger partial charge in [0.1, 0.15) is 0 Å². The molecular formula is C67H47N3S. The molecule has 0 unspecified atom stereocenters. The minimum Gasteiger partial charge on any atom is -0.310 e. The first-order valence-electron chi connectivity index (χ1n) is 24.5. The molecule has 3 nitrogen and oxygen atoms in total. The quantitative estimate of drug-likeness (QED) is 0.150. The number of nitrogens with zero attached hydrogens (tertiary/aromatic N) is 3. The van der Waals surface area contributed by atoms with Gasteiger partial charge >= 0.3 is 0 Å². The minimum absolute atomic E-state index is 0.181. The van der Waals surface area contributed by atoms with E-state index in [9.17, 15) is 0 Å². The van der Waals surface area contributed by atoms with E-state index in [0.717, 1.165) is 50.9 Å². The van der Waals surface area contributed by atoms with Gasteiger partial charge in [-0.3, -0.25) is 0 Å². The molecule has 0 spiro atoms. The Morgan fingerprint density at radius 3 is 1.82 bits per heavy atom. The zero-order chi connectivity index (χ0) is 47.2. The second-order valence-corrected chi connectivity index (χ2v) is 20.4. The van der Waals surface area contributed by atoms with Crippen LogP contribution in [-0.4, -0.2) is 4.57 Å². The fourth-order valence-electron chi connectivity index (χ4n) is 11.6. The number of hydrogen-bond acceptors (Lipinski definition) is 3. The molecule has 0 atom stereocenters. The molecule has 14 rings (SSSR count). The number of anilines is 6. The third-order valence-electron chi connectivity index (χ3n) is 14.9. The lowest BCUT2D eigenvalue weighted by Gasteiger charge is -2.31. The molecular weight excluding hydrogens is 879 g/mol. The van der Waals surface area contributed by atoms with Crippen molar-refractivity contribution in [3.63, 3.8) is 0 Å². The third-order valence-corrected chi connectivity index (χ3v) is 16.1. The molecule has 4 heteroatoms. The van der Waals surface area contributed by atoms with Crippen LogP contribution in [0.2, 0.25) is 0 Å². The largest absolute Gasteiger partial charge is 0.310 e. The minimum atomic E-state index is -0.181. The number of rotatable bonds is 8. The highest BCUT2D eigenvalue weighted by molar-refractivity contribution is 7.26. The van der Waals surface area contributed by atoms with Gasteiger partial charge in [-0.2, -0.15) is 0 Å². The Morgan fingerprint density at radius 2 is 1.03 bits per heavy atom. The number of benzene rings is 11. The molecule has 0 bridgehead atoms. The molecule has 1 aliphatic carbocycles. The lowest BCUT2D eigenvalue weighted by atomic mass is 9.82. The van der Waals surface area contributed by atoms with Gasteiger partial charge in [-0.05, 0) is 135 Å². The maximum Gasteiger partial charge on any atom is 0.0640 e. The first kappa shape index (κ1) is 41.3. The molecule has 0 fully saturated rings. The van der Waals surface area contributed by atoms with Crippen molar-refractivity contribution in [1.29, 1.82) is 0 Å². The molecule has 0 amide bonds. The molecule has 71 heavy (non-hydrogen) atoms. The first-order chi connectivity index (χ1) is 35.0. The van der Waals surface area contributed by atoms with Gasteiger partial charge in [0.05, 0.1) is 21.4 Å². The number of thiophene rings is 1. The van der Waals surface area contributed by atoms with Crippen molar-refractivity contribution in [2.24, 2.45) is 0 Å². The van der Waals surface area contributed by atoms with E-state index in [4.69, 9.17) is 0 Å². The van der Waals surface area contributed by atoms with Crippen LogP contribution in [-0.2, 0) is 5.41 Å². The molecule has 2 aromatic heterocycles. The average molecular weight is 926 g/mol. The molecule has 2 heterocycles.